The third-order valence-corrected chi connectivity index (χ3v) is 6.95. The molecule has 1 aliphatic rings. The van der Waals surface area contributed by atoms with Gasteiger partial charge < -0.3 is 37.1 Å². The summed E-state index contributed by atoms with van der Waals surface area (Å²) < 4.78 is 19.1. The molecule has 4 atom stereocenters. The van der Waals surface area contributed by atoms with Crippen molar-refractivity contribution in [3.63, 3.8) is 0 Å². The van der Waals surface area contributed by atoms with E-state index < -0.39 is 78.3 Å². The summed E-state index contributed by atoms with van der Waals surface area (Å²) in [5.41, 5.74) is 6.16. The summed E-state index contributed by atoms with van der Waals surface area (Å²) in [4.78, 5) is 77.9. The van der Waals surface area contributed by atoms with E-state index in [0.29, 0.717) is 6.42 Å². The molecule has 14 heteroatoms. The van der Waals surface area contributed by atoms with E-state index in [2.05, 4.69) is 26.6 Å². The Bertz CT molecular complexity index is 1400. The van der Waals surface area contributed by atoms with Crippen molar-refractivity contribution in [2.75, 3.05) is 13.2 Å². The standard InChI is InChI=1S/C31H39FN6O7/c1-17(2)27-31(44)35-18(3)16-45-24-7-5-4-6-21(24)28(41)37-23(15-26(40)36-22(14-25(33)39)30(43)38-27)29(42)34-13-12-19-8-10-20(32)11-9-19/h4-11,17-18,22-23,27H,12-16H2,1-3H3,(H2,33,39)(H,34,42)(H,35,44)(H,36,40)(H,37,41)(H,38,43)/t18-,22-,23-,27+/m0/s1. The molecule has 0 unspecified atom stereocenters. The van der Waals surface area contributed by atoms with Crippen LogP contribution >= 0.6 is 0 Å². The molecule has 0 aromatic heterocycles. The van der Waals surface area contributed by atoms with E-state index in [1.807, 2.05) is 0 Å². The molecule has 3 rings (SSSR count). The van der Waals surface area contributed by atoms with Crippen LogP contribution in [-0.2, 0) is 30.4 Å². The second-order valence-corrected chi connectivity index (χ2v) is 11.1. The van der Waals surface area contributed by atoms with Gasteiger partial charge in [-0.2, -0.15) is 0 Å². The molecule has 13 nitrogen and oxygen atoms in total. The molecule has 6 amide bonds. The van der Waals surface area contributed by atoms with Gasteiger partial charge in [-0.15, -0.1) is 0 Å². The highest BCUT2D eigenvalue weighted by Gasteiger charge is 2.32. The molecule has 0 spiro atoms. The molecule has 2 aromatic rings. The van der Waals surface area contributed by atoms with Gasteiger partial charge in [-0.3, -0.25) is 28.8 Å². The second-order valence-electron chi connectivity index (χ2n) is 11.1. The van der Waals surface area contributed by atoms with Crippen molar-refractivity contribution in [1.29, 1.82) is 0 Å². The highest BCUT2D eigenvalue weighted by molar-refractivity contribution is 6.01. The van der Waals surface area contributed by atoms with Crippen LogP contribution in [0.1, 0.15) is 49.5 Å². The first-order valence-electron chi connectivity index (χ1n) is 14.6. The van der Waals surface area contributed by atoms with Gasteiger partial charge in [-0.05, 0) is 49.1 Å². The predicted molar refractivity (Wildman–Crippen MR) is 161 cm³/mol. The maximum atomic E-state index is 13.4. The Morgan fingerprint density at radius 2 is 1.67 bits per heavy atom. The maximum absolute atomic E-state index is 13.4. The van der Waals surface area contributed by atoms with E-state index in [1.54, 1.807) is 51.1 Å². The van der Waals surface area contributed by atoms with Crippen LogP contribution in [0.25, 0.3) is 0 Å². The van der Waals surface area contributed by atoms with E-state index in [-0.39, 0.29) is 30.4 Å². The Hall–Kier alpha value is -5.01. The Morgan fingerprint density at radius 3 is 2.33 bits per heavy atom. The number of carbonyl (C=O) groups is 6. The molecule has 0 bridgehead atoms. The zero-order valence-corrected chi connectivity index (χ0v) is 25.4. The van der Waals surface area contributed by atoms with Crippen molar-refractivity contribution < 1.29 is 37.9 Å². The molecule has 0 aliphatic carbocycles. The smallest absolute Gasteiger partial charge is 0.255 e. The van der Waals surface area contributed by atoms with Gasteiger partial charge in [0, 0.05) is 6.54 Å². The molecule has 242 valence electrons. The maximum Gasteiger partial charge on any atom is 0.255 e. The molecular formula is C31H39FN6O7. The van der Waals surface area contributed by atoms with Gasteiger partial charge in [0.2, 0.25) is 29.5 Å². The van der Waals surface area contributed by atoms with Gasteiger partial charge in [-0.25, -0.2) is 4.39 Å². The highest BCUT2D eigenvalue weighted by Crippen LogP contribution is 2.19. The van der Waals surface area contributed by atoms with Gasteiger partial charge in [0.15, 0.2) is 0 Å². The van der Waals surface area contributed by atoms with E-state index >= 15 is 0 Å². The fourth-order valence-corrected chi connectivity index (χ4v) is 4.56. The first-order valence-corrected chi connectivity index (χ1v) is 14.6. The van der Waals surface area contributed by atoms with Gasteiger partial charge in [-0.1, -0.05) is 38.1 Å². The summed E-state index contributed by atoms with van der Waals surface area (Å²) in [5.74, 6) is -5.10. The third kappa shape index (κ3) is 10.6. The number of carbonyl (C=O) groups excluding carboxylic acids is 6. The summed E-state index contributed by atoms with van der Waals surface area (Å²) in [6, 6.07) is 7.55. The Balaban J connectivity index is 1.90. The number of hydrogen-bond acceptors (Lipinski definition) is 7. The predicted octanol–water partition coefficient (Wildman–Crippen LogP) is 0.0712. The number of fused-ring (bicyclic) bond motifs is 1. The minimum Gasteiger partial charge on any atom is -0.491 e. The molecule has 1 aliphatic heterocycles. The number of benzene rings is 2. The molecule has 1 heterocycles. The topological polar surface area (TPSA) is 198 Å². The number of nitrogens with two attached hydrogens (primary N) is 1. The van der Waals surface area contributed by atoms with Gasteiger partial charge in [0.1, 0.15) is 36.3 Å². The Labute approximate surface area is 260 Å². The first kappa shape index (κ1) is 34.5. The molecule has 45 heavy (non-hydrogen) atoms. The third-order valence-electron chi connectivity index (χ3n) is 6.95. The monoisotopic (exact) mass is 626 g/mol. The fourth-order valence-electron chi connectivity index (χ4n) is 4.56. The first-order chi connectivity index (χ1) is 21.3. The quantitative estimate of drug-likeness (QED) is 0.250. The largest absolute Gasteiger partial charge is 0.491 e. The summed E-state index contributed by atoms with van der Waals surface area (Å²) in [7, 11) is 0. The van der Waals surface area contributed by atoms with E-state index in [4.69, 9.17) is 10.5 Å². The molecule has 7 N–H and O–H groups in total. The van der Waals surface area contributed by atoms with Crippen LogP contribution < -0.4 is 37.1 Å². The lowest BCUT2D eigenvalue weighted by atomic mass is 10.0. The number of para-hydroxylation sites is 1. The van der Waals surface area contributed by atoms with Crippen molar-refractivity contribution in [2.45, 2.75) is 64.2 Å². The highest BCUT2D eigenvalue weighted by atomic mass is 19.1. The number of ether oxygens (including phenoxy) is 1. The number of hydrogen-bond donors (Lipinski definition) is 6. The zero-order chi connectivity index (χ0) is 33.1. The minimum absolute atomic E-state index is 0.0353. The lowest BCUT2D eigenvalue weighted by Gasteiger charge is -2.26. The van der Waals surface area contributed by atoms with Gasteiger partial charge in [0.05, 0.1) is 24.4 Å². The molecule has 2 aromatic carbocycles. The molecule has 0 radical (unpaired) electrons. The number of amides is 6. The lowest BCUT2D eigenvalue weighted by Crippen LogP contribution is -2.58. The van der Waals surface area contributed by atoms with E-state index in [9.17, 15) is 33.2 Å². The lowest BCUT2D eigenvalue weighted by molar-refractivity contribution is -0.135. The van der Waals surface area contributed by atoms with Crippen LogP contribution in [0.15, 0.2) is 48.5 Å². The summed E-state index contributed by atoms with van der Waals surface area (Å²) in [6.45, 7) is 5.18. The average Bonchev–Trinajstić information content (AvgIpc) is 2.98. The normalized spacial score (nSPS) is 21.6. The number of halogens is 1. The summed E-state index contributed by atoms with van der Waals surface area (Å²) in [6.07, 6.45) is -0.842. The van der Waals surface area contributed by atoms with Crippen LogP contribution in [0.4, 0.5) is 4.39 Å². The molecular weight excluding hydrogens is 587 g/mol. The minimum atomic E-state index is -1.46. The second kappa shape index (κ2) is 16.2. The van der Waals surface area contributed by atoms with Gasteiger partial charge in [0.25, 0.3) is 5.91 Å². The van der Waals surface area contributed by atoms with Crippen LogP contribution in [0.3, 0.4) is 0 Å². The molecule has 0 fully saturated rings. The fraction of sp³-hybridized carbons (Fsp3) is 0.419. The van der Waals surface area contributed by atoms with Crippen LogP contribution in [0.5, 0.6) is 5.75 Å². The zero-order valence-electron chi connectivity index (χ0n) is 25.4. The number of primary amides is 1. The van der Waals surface area contributed by atoms with Crippen molar-refractivity contribution in [1.82, 2.24) is 26.6 Å². The number of rotatable bonds is 7. The van der Waals surface area contributed by atoms with Crippen molar-refractivity contribution in [2.24, 2.45) is 11.7 Å². The van der Waals surface area contributed by atoms with Crippen LogP contribution in [0.2, 0.25) is 0 Å². The summed E-state index contributed by atoms with van der Waals surface area (Å²) >= 11 is 0. The molecule has 0 saturated heterocycles. The molecule has 0 saturated carbocycles. The van der Waals surface area contributed by atoms with Gasteiger partial charge >= 0.3 is 0 Å². The number of nitrogens with one attached hydrogen (secondary N) is 5. The van der Waals surface area contributed by atoms with Crippen molar-refractivity contribution >= 4 is 35.4 Å². The summed E-state index contributed by atoms with van der Waals surface area (Å²) in [5, 5.41) is 13.0. The Morgan fingerprint density at radius 1 is 0.978 bits per heavy atom. The van der Waals surface area contributed by atoms with Crippen LogP contribution in [0, 0.1) is 11.7 Å². The van der Waals surface area contributed by atoms with E-state index in [1.165, 1.54) is 18.2 Å². The average molecular weight is 627 g/mol. The van der Waals surface area contributed by atoms with Crippen molar-refractivity contribution in [3.05, 3.63) is 65.5 Å². The van der Waals surface area contributed by atoms with E-state index in [0.717, 1.165) is 5.56 Å². The van der Waals surface area contributed by atoms with Crippen LogP contribution in [-0.4, -0.2) is 72.8 Å². The Kier molecular flexibility index (Phi) is 12.4. The van der Waals surface area contributed by atoms with Crippen molar-refractivity contribution in [3.8, 4) is 5.75 Å². The SMILES string of the molecule is CC(C)[C@H]1NC(=O)[C@H](CC(N)=O)NC(=O)C[C@@H](C(=O)NCCc2ccc(F)cc2)NC(=O)c2ccccc2OC[C@H](C)NC1=O.